The zero-order valence-corrected chi connectivity index (χ0v) is 11.4. The van der Waals surface area contributed by atoms with Gasteiger partial charge in [-0.05, 0) is 12.1 Å². The number of alkyl halides is 4. The van der Waals surface area contributed by atoms with Crippen molar-refractivity contribution in [3.8, 4) is 5.75 Å². The summed E-state index contributed by atoms with van der Waals surface area (Å²) in [5.74, 6) is -0.709. The maximum absolute atomic E-state index is 13.3. The fourth-order valence-electron chi connectivity index (χ4n) is 2.19. The molecule has 0 spiro atoms. The fourth-order valence-corrected chi connectivity index (χ4v) is 2.19. The zero-order valence-electron chi connectivity index (χ0n) is 11.4. The molecule has 0 aliphatic carbocycles. The van der Waals surface area contributed by atoms with E-state index in [1.807, 2.05) is 0 Å². The highest BCUT2D eigenvalue weighted by molar-refractivity contribution is 5.92. The molecule has 1 aliphatic rings. The molecule has 2 atom stereocenters. The summed E-state index contributed by atoms with van der Waals surface area (Å²) in [6.07, 6.45) is -4.63. The van der Waals surface area contributed by atoms with Crippen molar-refractivity contribution >= 4 is 5.91 Å². The molecular formula is C13H14F4N2O3. The van der Waals surface area contributed by atoms with Crippen LogP contribution < -0.4 is 4.74 Å². The fraction of sp³-hybridized carbons (Fsp3) is 0.538. The minimum Gasteiger partial charge on any atom is -0.483 e. The molecule has 1 aromatic heterocycles. The number of halogens is 4. The van der Waals surface area contributed by atoms with Crippen molar-refractivity contribution in [1.82, 2.24) is 9.88 Å². The first-order chi connectivity index (χ1) is 10.3. The van der Waals surface area contributed by atoms with Crippen molar-refractivity contribution in [3.05, 3.63) is 24.0 Å². The summed E-state index contributed by atoms with van der Waals surface area (Å²) >= 11 is 0. The molecular weight excluding hydrogens is 308 g/mol. The number of amides is 1. The second-order valence-electron chi connectivity index (χ2n) is 4.91. The van der Waals surface area contributed by atoms with E-state index in [4.69, 9.17) is 5.11 Å². The average molecular weight is 322 g/mol. The summed E-state index contributed by atoms with van der Waals surface area (Å²) < 4.78 is 53.8. The van der Waals surface area contributed by atoms with E-state index in [0.717, 1.165) is 6.20 Å². The number of aromatic nitrogens is 1. The average Bonchev–Trinajstić information content (AvgIpc) is 2.85. The molecule has 0 saturated carbocycles. The van der Waals surface area contributed by atoms with Crippen LogP contribution in [0, 0.1) is 0 Å². The van der Waals surface area contributed by atoms with Gasteiger partial charge in [0.1, 0.15) is 17.6 Å². The molecule has 1 N–H and O–H groups in total. The quantitative estimate of drug-likeness (QED) is 0.855. The van der Waals surface area contributed by atoms with Crippen molar-refractivity contribution in [2.75, 3.05) is 19.8 Å². The van der Waals surface area contributed by atoms with Crippen LogP contribution in [0.1, 0.15) is 16.9 Å². The Bertz CT molecular complexity index is 521. The van der Waals surface area contributed by atoms with Gasteiger partial charge < -0.3 is 14.7 Å². The monoisotopic (exact) mass is 322 g/mol. The second kappa shape index (κ2) is 6.47. The summed E-state index contributed by atoms with van der Waals surface area (Å²) in [7, 11) is 0. The molecule has 0 aromatic carbocycles. The van der Waals surface area contributed by atoms with Crippen LogP contribution in [0.15, 0.2) is 18.3 Å². The van der Waals surface area contributed by atoms with Crippen LogP contribution in [0.5, 0.6) is 5.75 Å². The van der Waals surface area contributed by atoms with E-state index in [2.05, 4.69) is 9.72 Å². The Hall–Kier alpha value is -1.90. The highest BCUT2D eigenvalue weighted by atomic mass is 19.4. The van der Waals surface area contributed by atoms with Gasteiger partial charge in [-0.15, -0.1) is 0 Å². The van der Waals surface area contributed by atoms with E-state index in [1.54, 1.807) is 0 Å². The smallest absolute Gasteiger partial charge is 0.422 e. The summed E-state index contributed by atoms with van der Waals surface area (Å²) in [5.41, 5.74) is -0.0492. The predicted molar refractivity (Wildman–Crippen MR) is 67.2 cm³/mol. The molecule has 1 amide bonds. The van der Waals surface area contributed by atoms with Crippen LogP contribution in [-0.4, -0.2) is 59.0 Å². The van der Waals surface area contributed by atoms with E-state index >= 15 is 0 Å². The lowest BCUT2D eigenvalue weighted by molar-refractivity contribution is -0.153. The molecule has 2 rings (SSSR count). The Morgan fingerprint density at radius 1 is 1.45 bits per heavy atom. The van der Waals surface area contributed by atoms with Gasteiger partial charge >= 0.3 is 6.18 Å². The van der Waals surface area contributed by atoms with Crippen molar-refractivity contribution < 1.29 is 32.2 Å². The van der Waals surface area contributed by atoms with Crippen molar-refractivity contribution in [3.63, 3.8) is 0 Å². The Labute approximate surface area is 123 Å². The molecule has 0 unspecified atom stereocenters. The Balaban J connectivity index is 2.02. The first-order valence-electron chi connectivity index (χ1n) is 6.51. The number of pyridine rings is 1. The van der Waals surface area contributed by atoms with Crippen LogP contribution >= 0.6 is 0 Å². The van der Waals surface area contributed by atoms with E-state index in [1.165, 1.54) is 17.0 Å². The van der Waals surface area contributed by atoms with Crippen molar-refractivity contribution in [1.29, 1.82) is 0 Å². The molecule has 22 heavy (non-hydrogen) atoms. The normalized spacial score (nSPS) is 22.0. The molecule has 1 saturated heterocycles. The minimum absolute atomic E-state index is 0.0492. The lowest BCUT2D eigenvalue weighted by atomic mass is 10.2. The summed E-state index contributed by atoms with van der Waals surface area (Å²) in [6.45, 7) is -1.96. The van der Waals surface area contributed by atoms with Crippen molar-refractivity contribution in [2.45, 2.75) is 24.8 Å². The molecule has 0 bridgehead atoms. The lowest BCUT2D eigenvalue weighted by Crippen LogP contribution is -2.38. The van der Waals surface area contributed by atoms with Crippen LogP contribution in [0.25, 0.3) is 0 Å². The topological polar surface area (TPSA) is 62.7 Å². The van der Waals surface area contributed by atoms with Gasteiger partial charge in [0.15, 0.2) is 6.61 Å². The number of carbonyl (C=O) groups excluding carboxylic acids is 1. The molecule has 0 radical (unpaired) electrons. The van der Waals surface area contributed by atoms with Gasteiger partial charge in [0.25, 0.3) is 5.91 Å². The standard InChI is InChI=1S/C13H14F4N2O3/c14-8-3-9(6-20)19(5-8)12(21)11-2-1-10(4-18-11)22-7-13(15,16)17/h1-2,4,8-9,20H,3,5-7H2/t8-,9-/m0/s1. The number of likely N-dealkylation sites (tertiary alicyclic amines) is 1. The number of nitrogens with zero attached hydrogens (tertiary/aromatic N) is 2. The third kappa shape index (κ3) is 4.06. The van der Waals surface area contributed by atoms with Gasteiger partial charge in [-0.2, -0.15) is 13.2 Å². The van der Waals surface area contributed by atoms with Gasteiger partial charge in [0.05, 0.1) is 25.4 Å². The summed E-state index contributed by atoms with van der Waals surface area (Å²) in [5, 5.41) is 9.13. The number of aliphatic hydroxyl groups is 1. The van der Waals surface area contributed by atoms with Crippen molar-refractivity contribution in [2.24, 2.45) is 0 Å². The highest BCUT2D eigenvalue weighted by Gasteiger charge is 2.35. The maximum Gasteiger partial charge on any atom is 0.422 e. The zero-order chi connectivity index (χ0) is 16.3. The van der Waals surface area contributed by atoms with Crippen LogP contribution in [0.3, 0.4) is 0 Å². The maximum atomic E-state index is 13.3. The van der Waals surface area contributed by atoms with Gasteiger partial charge in [-0.25, -0.2) is 9.37 Å². The van der Waals surface area contributed by atoms with Gasteiger partial charge in [-0.1, -0.05) is 0 Å². The molecule has 1 aliphatic heterocycles. The third-order valence-corrected chi connectivity index (χ3v) is 3.19. The van der Waals surface area contributed by atoms with E-state index in [0.29, 0.717) is 0 Å². The van der Waals surface area contributed by atoms with Gasteiger partial charge in [0, 0.05) is 6.42 Å². The number of hydrogen-bond acceptors (Lipinski definition) is 4. The number of ether oxygens (including phenoxy) is 1. The molecule has 9 heteroatoms. The largest absolute Gasteiger partial charge is 0.483 e. The molecule has 1 fully saturated rings. The number of carbonyl (C=O) groups is 1. The first-order valence-corrected chi connectivity index (χ1v) is 6.51. The van der Waals surface area contributed by atoms with E-state index in [-0.39, 0.29) is 31.0 Å². The number of aliphatic hydroxyl groups excluding tert-OH is 1. The third-order valence-electron chi connectivity index (χ3n) is 3.19. The lowest BCUT2D eigenvalue weighted by Gasteiger charge is -2.22. The van der Waals surface area contributed by atoms with Crippen LogP contribution in [0.4, 0.5) is 17.6 Å². The molecule has 122 valence electrons. The van der Waals surface area contributed by atoms with Crippen LogP contribution in [-0.2, 0) is 0 Å². The van der Waals surface area contributed by atoms with E-state index in [9.17, 15) is 22.4 Å². The Kier molecular flexibility index (Phi) is 4.84. The minimum atomic E-state index is -4.46. The first kappa shape index (κ1) is 16.5. The molecule has 1 aromatic rings. The van der Waals surface area contributed by atoms with E-state index < -0.39 is 30.9 Å². The van der Waals surface area contributed by atoms with Gasteiger partial charge in [-0.3, -0.25) is 4.79 Å². The molecule has 5 nitrogen and oxygen atoms in total. The predicted octanol–water partition coefficient (Wildman–Crippen LogP) is 1.57. The van der Waals surface area contributed by atoms with Crippen LogP contribution in [0.2, 0.25) is 0 Å². The Morgan fingerprint density at radius 3 is 2.73 bits per heavy atom. The summed E-state index contributed by atoms with van der Waals surface area (Å²) in [6, 6.07) is 1.77. The second-order valence-corrected chi connectivity index (χ2v) is 4.91. The van der Waals surface area contributed by atoms with Gasteiger partial charge in [0.2, 0.25) is 0 Å². The summed E-state index contributed by atoms with van der Waals surface area (Å²) in [4.78, 5) is 17.1. The Morgan fingerprint density at radius 2 is 2.18 bits per heavy atom. The molecule has 2 heterocycles. The number of rotatable bonds is 4. The SMILES string of the molecule is O=C(c1ccc(OCC(F)(F)F)cn1)N1C[C@@H](F)C[C@H]1CO. The highest BCUT2D eigenvalue weighted by Crippen LogP contribution is 2.23. The number of hydrogen-bond donors (Lipinski definition) is 1.